The third-order valence-corrected chi connectivity index (χ3v) is 7.67. The average molecular weight is 432 g/mol. The number of hydrogen-bond donors (Lipinski definition) is 4. The fourth-order valence-electron chi connectivity index (χ4n) is 2.50. The first kappa shape index (κ1) is 24.0. The van der Waals surface area contributed by atoms with Gasteiger partial charge in [0.15, 0.2) is 0 Å². The van der Waals surface area contributed by atoms with Crippen LogP contribution in [0.3, 0.4) is 0 Å². The lowest BCUT2D eigenvalue weighted by Gasteiger charge is -2.25. The maximum atomic E-state index is 11.8. The molecule has 0 bridgehead atoms. The Morgan fingerprint density at radius 2 is 2.08 bits per heavy atom. The maximum Gasteiger partial charge on any atom is 0.304 e. The first-order valence-electron chi connectivity index (χ1n) is 8.70. The second-order valence-corrected chi connectivity index (χ2v) is 10.6. The smallest absolute Gasteiger partial charge is 0.304 e. The molecule has 2 atom stereocenters. The van der Waals surface area contributed by atoms with Gasteiger partial charge in [-0.2, -0.15) is 13.8 Å². The number of quaternary nitrogens is 1. The van der Waals surface area contributed by atoms with Gasteiger partial charge in [-0.25, -0.2) is 0 Å². The topological polar surface area (TPSA) is 134 Å². The van der Waals surface area contributed by atoms with Gasteiger partial charge in [-0.15, -0.1) is 0 Å². The van der Waals surface area contributed by atoms with E-state index in [1.807, 2.05) is 21.6 Å². The van der Waals surface area contributed by atoms with Crippen molar-refractivity contribution in [3.63, 3.8) is 0 Å². The second-order valence-electron chi connectivity index (χ2n) is 6.20. The van der Waals surface area contributed by atoms with Crippen LogP contribution in [0.2, 0.25) is 0 Å². The second kappa shape index (κ2) is 13.2. The number of nitrogens with one attached hydrogen (secondary N) is 2. The number of carboxylic acids is 1. The highest BCUT2D eigenvalue weighted by molar-refractivity contribution is 8.77. The number of hydroxylamine groups is 1. The molecule has 0 amide bonds. The van der Waals surface area contributed by atoms with E-state index in [-0.39, 0.29) is 24.7 Å². The van der Waals surface area contributed by atoms with Crippen LogP contribution in [-0.4, -0.2) is 78.4 Å². The molecule has 0 aromatic heterocycles. The summed E-state index contributed by atoms with van der Waals surface area (Å²) < 4.78 is 30.5. The number of carbonyl (C=O) groups is 1. The number of unbranched alkanes of at least 4 members (excludes halogenated alkanes) is 1. The van der Waals surface area contributed by atoms with Gasteiger partial charge in [-0.3, -0.25) is 14.5 Å². The number of rotatable bonds is 15. The van der Waals surface area contributed by atoms with Crippen molar-refractivity contribution in [1.82, 2.24) is 10.3 Å². The van der Waals surface area contributed by atoms with Gasteiger partial charge in [-0.1, -0.05) is 21.6 Å². The molecule has 1 fully saturated rings. The van der Waals surface area contributed by atoms with Gasteiger partial charge in [0.05, 0.1) is 25.3 Å². The van der Waals surface area contributed by atoms with E-state index < -0.39 is 21.8 Å². The molecule has 1 aliphatic heterocycles. The molecule has 0 aromatic rings. The molecule has 1 heterocycles. The molecule has 0 radical (unpaired) electrons. The average Bonchev–Trinajstić information content (AvgIpc) is 3.06. The van der Waals surface area contributed by atoms with Crippen molar-refractivity contribution >= 4 is 37.7 Å². The minimum absolute atomic E-state index is 0.0268. The maximum absolute atomic E-state index is 11.8. The summed E-state index contributed by atoms with van der Waals surface area (Å²) in [7, 11) is -0.247. The molecule has 1 saturated heterocycles. The van der Waals surface area contributed by atoms with E-state index in [1.165, 1.54) is 12.2 Å². The zero-order valence-electron chi connectivity index (χ0n) is 14.8. The molecule has 0 saturated carbocycles. The summed E-state index contributed by atoms with van der Waals surface area (Å²) in [5.74, 6) is -0.228. The van der Waals surface area contributed by atoms with Crippen molar-refractivity contribution in [3.8, 4) is 0 Å². The zero-order chi connectivity index (χ0) is 19.4. The lowest BCUT2D eigenvalue weighted by molar-refractivity contribution is -0.896. The van der Waals surface area contributed by atoms with Gasteiger partial charge in [-0.05, 0) is 25.7 Å². The number of nitrogens with zero attached hydrogens (tertiary/aromatic N) is 1. The van der Waals surface area contributed by atoms with Crippen molar-refractivity contribution < 1.29 is 28.0 Å². The van der Waals surface area contributed by atoms with Crippen molar-refractivity contribution in [1.29, 1.82) is 0 Å². The SMILES string of the molecule is O=C(O)CCN(CCN[NH+]([O-])CCCCC1CCSS1)CCS(=O)(=O)O. The van der Waals surface area contributed by atoms with E-state index in [0.29, 0.717) is 24.9 Å². The van der Waals surface area contributed by atoms with Crippen LogP contribution in [0.1, 0.15) is 32.1 Å². The summed E-state index contributed by atoms with van der Waals surface area (Å²) in [6, 6.07) is 0. The van der Waals surface area contributed by atoms with E-state index in [2.05, 4.69) is 5.43 Å². The van der Waals surface area contributed by atoms with E-state index in [0.717, 1.165) is 19.3 Å². The van der Waals surface area contributed by atoms with Crippen LogP contribution in [0.25, 0.3) is 0 Å². The van der Waals surface area contributed by atoms with E-state index in [1.54, 1.807) is 4.90 Å². The summed E-state index contributed by atoms with van der Waals surface area (Å²) in [5, 5.41) is 21.2. The molecule has 2 unspecified atom stereocenters. The van der Waals surface area contributed by atoms with Gasteiger partial charge in [0, 0.05) is 30.6 Å². The third-order valence-electron chi connectivity index (χ3n) is 3.96. The predicted octanol–water partition coefficient (Wildman–Crippen LogP) is -0.138. The molecular formula is C14H29N3O6S3. The van der Waals surface area contributed by atoms with Crippen molar-refractivity contribution in [2.75, 3.05) is 44.2 Å². The standard InChI is InChI=1S/C14H29N3O6S3/c18-14(19)4-8-16(10-12-26(21,22)23)9-6-15-17(20)7-2-1-3-13-5-11-24-25-13/h13,15,17H,1-12H2,(H,18,19)(H,21,22,23). The Bertz CT molecular complexity index is 502. The first-order chi connectivity index (χ1) is 12.3. The van der Waals surface area contributed by atoms with Crippen LogP contribution >= 0.6 is 21.6 Å². The molecule has 1 rings (SSSR count). The Balaban J connectivity index is 2.16. The van der Waals surface area contributed by atoms with E-state index in [4.69, 9.17) is 9.66 Å². The van der Waals surface area contributed by atoms with Gasteiger partial charge in [0.1, 0.15) is 0 Å². The Labute approximate surface area is 162 Å². The van der Waals surface area contributed by atoms with Gasteiger partial charge in [0.25, 0.3) is 10.1 Å². The van der Waals surface area contributed by atoms with Gasteiger partial charge < -0.3 is 15.2 Å². The highest BCUT2D eigenvalue weighted by Gasteiger charge is 2.16. The normalized spacial score (nSPS) is 19.1. The summed E-state index contributed by atoms with van der Waals surface area (Å²) in [5.41, 5.74) is 2.78. The molecule has 4 N–H and O–H groups in total. The van der Waals surface area contributed by atoms with Crippen LogP contribution < -0.4 is 10.6 Å². The Morgan fingerprint density at radius 3 is 2.69 bits per heavy atom. The van der Waals surface area contributed by atoms with Crippen LogP contribution in [-0.2, 0) is 14.9 Å². The first-order valence-corrected chi connectivity index (χ1v) is 12.7. The fourth-order valence-corrected chi connectivity index (χ4v) is 6.01. The molecule has 26 heavy (non-hydrogen) atoms. The van der Waals surface area contributed by atoms with Crippen LogP contribution in [0, 0.1) is 5.21 Å². The summed E-state index contributed by atoms with van der Waals surface area (Å²) in [6.45, 7) is 1.31. The van der Waals surface area contributed by atoms with Crippen LogP contribution in [0.5, 0.6) is 0 Å². The Morgan fingerprint density at radius 1 is 1.31 bits per heavy atom. The summed E-state index contributed by atoms with van der Waals surface area (Å²) in [6.07, 6.45) is 4.14. The lowest BCUT2D eigenvalue weighted by atomic mass is 10.1. The van der Waals surface area contributed by atoms with Crippen molar-refractivity contribution in [2.24, 2.45) is 0 Å². The van der Waals surface area contributed by atoms with E-state index in [9.17, 15) is 18.4 Å². The molecular weight excluding hydrogens is 402 g/mol. The Kier molecular flexibility index (Phi) is 12.1. The van der Waals surface area contributed by atoms with Gasteiger partial charge >= 0.3 is 5.97 Å². The van der Waals surface area contributed by atoms with Crippen molar-refractivity contribution in [2.45, 2.75) is 37.4 Å². The lowest BCUT2D eigenvalue weighted by Crippen LogP contribution is -3.14. The predicted molar refractivity (Wildman–Crippen MR) is 105 cm³/mol. The minimum atomic E-state index is -4.10. The molecule has 0 aliphatic carbocycles. The quantitative estimate of drug-likeness (QED) is 0.120. The zero-order valence-corrected chi connectivity index (χ0v) is 17.2. The number of carboxylic acid groups (broad SMARTS) is 1. The highest BCUT2D eigenvalue weighted by Crippen LogP contribution is 2.39. The van der Waals surface area contributed by atoms with Crippen molar-refractivity contribution in [3.05, 3.63) is 5.21 Å². The molecule has 9 nitrogen and oxygen atoms in total. The molecule has 1 aliphatic rings. The molecule has 154 valence electrons. The summed E-state index contributed by atoms with van der Waals surface area (Å²) >= 11 is 0. The summed E-state index contributed by atoms with van der Waals surface area (Å²) in [4.78, 5) is 12.3. The molecule has 0 aromatic carbocycles. The Hall–Kier alpha value is -0.0800. The minimum Gasteiger partial charge on any atom is -0.613 e. The number of hydrogen-bond acceptors (Lipinski definition) is 8. The van der Waals surface area contributed by atoms with E-state index >= 15 is 0 Å². The number of aliphatic carboxylic acids is 1. The monoisotopic (exact) mass is 431 g/mol. The third kappa shape index (κ3) is 13.1. The van der Waals surface area contributed by atoms with Gasteiger partial charge in [0.2, 0.25) is 0 Å². The highest BCUT2D eigenvalue weighted by atomic mass is 33.1. The van der Waals surface area contributed by atoms with Crippen LogP contribution in [0.4, 0.5) is 0 Å². The fraction of sp³-hybridized carbons (Fsp3) is 0.929. The van der Waals surface area contributed by atoms with Crippen LogP contribution in [0.15, 0.2) is 0 Å². The molecule has 0 spiro atoms. The largest absolute Gasteiger partial charge is 0.613 e. The molecule has 12 heteroatoms.